The van der Waals surface area contributed by atoms with Crippen LogP contribution in [0.2, 0.25) is 0 Å². The average Bonchev–Trinajstić information content (AvgIpc) is 3.11. The van der Waals surface area contributed by atoms with Crippen molar-refractivity contribution in [3.8, 4) is 11.5 Å². The van der Waals surface area contributed by atoms with Crippen molar-refractivity contribution in [3.05, 3.63) is 59.7 Å². The Hall–Kier alpha value is -3.02. The van der Waals surface area contributed by atoms with Crippen molar-refractivity contribution in [2.45, 2.75) is 19.4 Å². The second-order valence-electron chi connectivity index (χ2n) is 6.92. The van der Waals surface area contributed by atoms with E-state index in [9.17, 15) is 9.59 Å². The number of benzene rings is 2. The van der Waals surface area contributed by atoms with Crippen molar-refractivity contribution in [2.75, 3.05) is 27.3 Å². The summed E-state index contributed by atoms with van der Waals surface area (Å²) in [5.74, 6) is 0.978. The third-order valence-corrected chi connectivity index (χ3v) is 4.98. The third-order valence-electron chi connectivity index (χ3n) is 4.98. The Kier molecular flexibility index (Phi) is 6.53. The van der Waals surface area contributed by atoms with Gasteiger partial charge in [0.2, 0.25) is 11.8 Å². The van der Waals surface area contributed by atoms with E-state index in [2.05, 4.69) is 5.32 Å². The zero-order chi connectivity index (χ0) is 19.9. The fourth-order valence-electron chi connectivity index (χ4n) is 3.37. The second-order valence-corrected chi connectivity index (χ2v) is 6.92. The fourth-order valence-corrected chi connectivity index (χ4v) is 3.37. The lowest BCUT2D eigenvalue weighted by molar-refractivity contribution is -0.129. The standard InChI is InChI=1S/C22H26N2O4/c1-27-19-10-17(11-20(13-19)28-2)14-23-22(26)18-12-21(25)24(15-18)9-8-16-6-4-3-5-7-16/h3-7,10-11,13,18H,8-9,12,14-15H2,1-2H3,(H,23,26). The Morgan fingerprint density at radius 1 is 1.07 bits per heavy atom. The molecule has 28 heavy (non-hydrogen) atoms. The van der Waals surface area contributed by atoms with Gasteiger partial charge in [-0.25, -0.2) is 0 Å². The molecule has 2 amide bonds. The number of hydrogen-bond donors (Lipinski definition) is 1. The van der Waals surface area contributed by atoms with Crippen LogP contribution in [0, 0.1) is 5.92 Å². The molecule has 2 aromatic carbocycles. The molecule has 3 rings (SSSR count). The molecule has 0 spiro atoms. The van der Waals surface area contributed by atoms with Crippen LogP contribution in [0.25, 0.3) is 0 Å². The summed E-state index contributed by atoms with van der Waals surface area (Å²) in [6.45, 7) is 1.47. The van der Waals surface area contributed by atoms with E-state index in [1.807, 2.05) is 42.5 Å². The van der Waals surface area contributed by atoms with Crippen molar-refractivity contribution >= 4 is 11.8 Å². The summed E-state index contributed by atoms with van der Waals surface area (Å²) in [6.07, 6.45) is 1.06. The molecule has 0 bridgehead atoms. The molecular weight excluding hydrogens is 356 g/mol. The van der Waals surface area contributed by atoms with Crippen LogP contribution in [-0.4, -0.2) is 44.0 Å². The van der Waals surface area contributed by atoms with Crippen molar-refractivity contribution in [1.29, 1.82) is 0 Å². The third kappa shape index (κ3) is 5.03. The van der Waals surface area contributed by atoms with E-state index in [4.69, 9.17) is 9.47 Å². The summed E-state index contributed by atoms with van der Waals surface area (Å²) in [5, 5.41) is 2.93. The summed E-state index contributed by atoms with van der Waals surface area (Å²) in [5.41, 5.74) is 2.07. The first-order chi connectivity index (χ1) is 13.6. The summed E-state index contributed by atoms with van der Waals surface area (Å²) in [7, 11) is 3.18. The lowest BCUT2D eigenvalue weighted by Crippen LogP contribution is -2.33. The zero-order valence-corrected chi connectivity index (χ0v) is 16.3. The maximum absolute atomic E-state index is 12.5. The summed E-state index contributed by atoms with van der Waals surface area (Å²) < 4.78 is 10.5. The number of methoxy groups -OCH3 is 2. The number of amides is 2. The second kappa shape index (κ2) is 9.26. The Morgan fingerprint density at radius 3 is 2.39 bits per heavy atom. The van der Waals surface area contributed by atoms with Crippen molar-refractivity contribution in [3.63, 3.8) is 0 Å². The zero-order valence-electron chi connectivity index (χ0n) is 16.3. The number of ether oxygens (including phenoxy) is 2. The van der Waals surface area contributed by atoms with E-state index in [1.165, 1.54) is 5.56 Å². The number of likely N-dealkylation sites (tertiary alicyclic amines) is 1. The highest BCUT2D eigenvalue weighted by atomic mass is 16.5. The van der Waals surface area contributed by atoms with Crippen LogP contribution in [0.3, 0.4) is 0 Å². The first-order valence-corrected chi connectivity index (χ1v) is 9.40. The lowest BCUT2D eigenvalue weighted by atomic mass is 10.1. The maximum Gasteiger partial charge on any atom is 0.225 e. The first-order valence-electron chi connectivity index (χ1n) is 9.40. The van der Waals surface area contributed by atoms with E-state index in [1.54, 1.807) is 25.2 Å². The molecule has 1 N–H and O–H groups in total. The molecule has 1 fully saturated rings. The van der Waals surface area contributed by atoms with Crippen LogP contribution in [0.5, 0.6) is 11.5 Å². The Morgan fingerprint density at radius 2 is 1.75 bits per heavy atom. The Balaban J connectivity index is 1.52. The molecule has 2 aromatic rings. The molecule has 148 valence electrons. The van der Waals surface area contributed by atoms with E-state index >= 15 is 0 Å². The van der Waals surface area contributed by atoms with Gasteiger partial charge < -0.3 is 19.7 Å². The van der Waals surface area contributed by atoms with Crippen molar-refractivity contribution in [1.82, 2.24) is 10.2 Å². The Bertz CT molecular complexity index is 800. The van der Waals surface area contributed by atoms with Gasteiger partial charge in [0, 0.05) is 32.1 Å². The van der Waals surface area contributed by atoms with Gasteiger partial charge in [0.05, 0.1) is 20.1 Å². The van der Waals surface area contributed by atoms with E-state index in [0.717, 1.165) is 12.0 Å². The van der Waals surface area contributed by atoms with Crippen LogP contribution < -0.4 is 14.8 Å². The average molecular weight is 382 g/mol. The minimum absolute atomic E-state index is 0.0409. The van der Waals surface area contributed by atoms with Gasteiger partial charge >= 0.3 is 0 Å². The molecule has 1 unspecified atom stereocenters. The van der Waals surface area contributed by atoms with Crippen molar-refractivity contribution in [2.24, 2.45) is 5.92 Å². The van der Waals surface area contributed by atoms with Gasteiger partial charge in [-0.15, -0.1) is 0 Å². The maximum atomic E-state index is 12.5. The number of carbonyl (C=O) groups excluding carboxylic acids is 2. The van der Waals surface area contributed by atoms with Crippen LogP contribution in [0.15, 0.2) is 48.5 Å². The van der Waals surface area contributed by atoms with Gasteiger partial charge in [0.25, 0.3) is 0 Å². The van der Waals surface area contributed by atoms with Crippen LogP contribution in [-0.2, 0) is 22.6 Å². The normalized spacial score (nSPS) is 16.1. The molecule has 1 atom stereocenters. The summed E-state index contributed by atoms with van der Waals surface area (Å²) >= 11 is 0. The van der Waals surface area contributed by atoms with Gasteiger partial charge in [-0.1, -0.05) is 30.3 Å². The number of rotatable bonds is 8. The molecule has 0 aromatic heterocycles. The molecule has 0 saturated carbocycles. The fraction of sp³-hybridized carbons (Fsp3) is 0.364. The molecule has 0 aliphatic carbocycles. The monoisotopic (exact) mass is 382 g/mol. The minimum atomic E-state index is -0.309. The molecule has 1 aliphatic heterocycles. The van der Waals surface area contributed by atoms with Gasteiger partial charge in [0.15, 0.2) is 0 Å². The molecule has 1 saturated heterocycles. The smallest absolute Gasteiger partial charge is 0.225 e. The van der Waals surface area contributed by atoms with E-state index in [0.29, 0.717) is 31.1 Å². The highest BCUT2D eigenvalue weighted by molar-refractivity contribution is 5.89. The molecule has 0 radical (unpaired) electrons. The van der Waals surface area contributed by atoms with Crippen LogP contribution in [0.1, 0.15) is 17.5 Å². The van der Waals surface area contributed by atoms with Crippen LogP contribution in [0.4, 0.5) is 0 Å². The first kappa shape index (κ1) is 19.7. The van der Waals surface area contributed by atoms with Gasteiger partial charge in [-0.2, -0.15) is 0 Å². The molecular formula is C22H26N2O4. The number of nitrogens with zero attached hydrogens (tertiary/aromatic N) is 1. The number of nitrogens with one attached hydrogen (secondary N) is 1. The van der Waals surface area contributed by atoms with Gasteiger partial charge in [-0.05, 0) is 29.7 Å². The van der Waals surface area contributed by atoms with Crippen molar-refractivity contribution < 1.29 is 19.1 Å². The number of hydrogen-bond acceptors (Lipinski definition) is 4. The SMILES string of the molecule is COc1cc(CNC(=O)C2CC(=O)N(CCc3ccccc3)C2)cc(OC)c1. The minimum Gasteiger partial charge on any atom is -0.497 e. The molecule has 6 nitrogen and oxygen atoms in total. The largest absolute Gasteiger partial charge is 0.497 e. The lowest BCUT2D eigenvalue weighted by Gasteiger charge is -2.16. The molecule has 1 aliphatic rings. The number of carbonyl (C=O) groups is 2. The quantitative estimate of drug-likeness (QED) is 0.761. The highest BCUT2D eigenvalue weighted by Crippen LogP contribution is 2.23. The predicted octanol–water partition coefficient (Wildman–Crippen LogP) is 2.41. The topological polar surface area (TPSA) is 67.9 Å². The highest BCUT2D eigenvalue weighted by Gasteiger charge is 2.33. The molecule has 6 heteroatoms. The van der Waals surface area contributed by atoms with E-state index < -0.39 is 0 Å². The van der Waals surface area contributed by atoms with Gasteiger partial charge in [-0.3, -0.25) is 9.59 Å². The van der Waals surface area contributed by atoms with Gasteiger partial charge in [0.1, 0.15) is 11.5 Å². The predicted molar refractivity (Wildman–Crippen MR) is 106 cm³/mol. The Labute approximate surface area is 165 Å². The van der Waals surface area contributed by atoms with Crippen LogP contribution >= 0.6 is 0 Å². The molecule has 1 heterocycles. The van der Waals surface area contributed by atoms with E-state index in [-0.39, 0.29) is 24.2 Å². The summed E-state index contributed by atoms with van der Waals surface area (Å²) in [4.78, 5) is 26.6. The summed E-state index contributed by atoms with van der Waals surface area (Å²) in [6, 6.07) is 15.5.